The van der Waals surface area contributed by atoms with Gasteiger partial charge in [0.05, 0.1) is 16.6 Å². The van der Waals surface area contributed by atoms with Crippen molar-refractivity contribution in [3.8, 4) is 0 Å². The lowest BCUT2D eigenvalue weighted by atomic mass is 10.0. The molecule has 31 heavy (non-hydrogen) atoms. The van der Waals surface area contributed by atoms with Crippen LogP contribution in [0.3, 0.4) is 0 Å². The van der Waals surface area contributed by atoms with Gasteiger partial charge >= 0.3 is 0 Å². The van der Waals surface area contributed by atoms with Crippen LogP contribution in [0.1, 0.15) is 61.3 Å². The van der Waals surface area contributed by atoms with Gasteiger partial charge in [-0.1, -0.05) is 54.2 Å². The number of H-pyrrole nitrogens is 1. The van der Waals surface area contributed by atoms with Crippen molar-refractivity contribution in [1.82, 2.24) is 15.3 Å². The number of nitrogens with zero attached hydrogens (tertiary/aromatic N) is 1. The minimum Gasteiger partial charge on any atom is -0.386 e. The van der Waals surface area contributed by atoms with Crippen LogP contribution in [0.15, 0.2) is 42.5 Å². The number of carbonyl (C=O) groups is 2. The lowest BCUT2D eigenvalue weighted by molar-refractivity contribution is -0.126. The zero-order valence-corrected chi connectivity index (χ0v) is 18.7. The van der Waals surface area contributed by atoms with Gasteiger partial charge in [-0.2, -0.15) is 0 Å². The lowest BCUT2D eigenvalue weighted by Gasteiger charge is -2.17. The second kappa shape index (κ2) is 10.8. The minimum absolute atomic E-state index is 0.155. The van der Waals surface area contributed by atoms with E-state index in [1.165, 1.54) is 6.92 Å². The molecule has 0 bridgehead atoms. The van der Waals surface area contributed by atoms with Gasteiger partial charge in [-0.25, -0.2) is 4.98 Å². The number of aliphatic hydroxyl groups is 1. The molecule has 1 aromatic heterocycles. The van der Waals surface area contributed by atoms with Crippen LogP contribution in [0.25, 0.3) is 11.0 Å². The Morgan fingerprint density at radius 3 is 2.58 bits per heavy atom. The van der Waals surface area contributed by atoms with E-state index in [2.05, 4.69) is 15.3 Å². The number of aliphatic hydroxyl groups excluding tert-OH is 1. The van der Waals surface area contributed by atoms with Gasteiger partial charge in [-0.05, 0) is 44.0 Å². The fourth-order valence-corrected chi connectivity index (χ4v) is 3.90. The molecule has 0 aliphatic carbocycles. The van der Waals surface area contributed by atoms with Crippen LogP contribution in [-0.2, 0) is 4.79 Å². The molecule has 3 rings (SSSR count). The largest absolute Gasteiger partial charge is 0.386 e. The third-order valence-electron chi connectivity index (χ3n) is 5.08. The van der Waals surface area contributed by atoms with E-state index in [-0.39, 0.29) is 17.7 Å². The Morgan fingerprint density at radius 2 is 1.87 bits per heavy atom. The highest BCUT2D eigenvalue weighted by atomic mass is 35.5. The molecule has 3 N–H and O–H groups in total. The second-order valence-electron chi connectivity index (χ2n) is 7.54. The number of benzene rings is 2. The first-order valence-electron chi connectivity index (χ1n) is 10.3. The molecule has 0 aliphatic rings. The SMILES string of the molecule is C[C@@H](O)C(=O)CCCCC[C@H](NC(=O)c1ccccc1)c1nc2c(Cl)cc(Cl)cc2[nH]1. The van der Waals surface area contributed by atoms with E-state index in [4.69, 9.17) is 23.2 Å². The zero-order valence-electron chi connectivity index (χ0n) is 17.2. The summed E-state index contributed by atoms with van der Waals surface area (Å²) in [7, 11) is 0. The number of unbranched alkanes of at least 4 members (excludes halogenated alkanes) is 2. The summed E-state index contributed by atoms with van der Waals surface area (Å²) in [6, 6.07) is 12.0. The van der Waals surface area contributed by atoms with E-state index < -0.39 is 6.10 Å². The van der Waals surface area contributed by atoms with Gasteiger partial charge < -0.3 is 15.4 Å². The summed E-state index contributed by atoms with van der Waals surface area (Å²) in [6.07, 6.45) is 2.31. The smallest absolute Gasteiger partial charge is 0.251 e. The lowest BCUT2D eigenvalue weighted by Crippen LogP contribution is -2.29. The summed E-state index contributed by atoms with van der Waals surface area (Å²) in [5, 5.41) is 13.3. The van der Waals surface area contributed by atoms with Crippen LogP contribution in [-0.4, -0.2) is 32.9 Å². The second-order valence-corrected chi connectivity index (χ2v) is 8.38. The Hall–Kier alpha value is -2.41. The average molecular weight is 462 g/mol. The van der Waals surface area contributed by atoms with Crippen molar-refractivity contribution < 1.29 is 14.7 Å². The number of ketones is 1. The Morgan fingerprint density at radius 1 is 1.13 bits per heavy atom. The number of imidazole rings is 1. The van der Waals surface area contributed by atoms with Crippen molar-refractivity contribution in [2.45, 2.75) is 51.2 Å². The van der Waals surface area contributed by atoms with Crippen molar-refractivity contribution in [1.29, 1.82) is 0 Å². The maximum atomic E-state index is 12.7. The molecule has 6 nitrogen and oxygen atoms in total. The normalized spacial score (nSPS) is 13.2. The highest BCUT2D eigenvalue weighted by Crippen LogP contribution is 2.29. The van der Waals surface area contributed by atoms with Crippen molar-refractivity contribution in [2.24, 2.45) is 0 Å². The highest BCUT2D eigenvalue weighted by molar-refractivity contribution is 6.38. The summed E-state index contributed by atoms with van der Waals surface area (Å²) >= 11 is 12.4. The Kier molecular flexibility index (Phi) is 8.07. The van der Waals surface area contributed by atoms with Crippen molar-refractivity contribution in [2.75, 3.05) is 0 Å². The van der Waals surface area contributed by atoms with Gasteiger partial charge in [0.25, 0.3) is 5.91 Å². The van der Waals surface area contributed by atoms with Gasteiger partial charge in [-0.15, -0.1) is 0 Å². The number of hydrogen-bond acceptors (Lipinski definition) is 4. The molecular formula is C23H25Cl2N3O3. The van der Waals surface area contributed by atoms with Gasteiger partial charge in [-0.3, -0.25) is 9.59 Å². The van der Waals surface area contributed by atoms with E-state index in [9.17, 15) is 14.7 Å². The van der Waals surface area contributed by atoms with Gasteiger partial charge in [0, 0.05) is 17.0 Å². The van der Waals surface area contributed by atoms with Crippen molar-refractivity contribution in [3.05, 3.63) is 63.9 Å². The number of aromatic nitrogens is 2. The molecule has 1 heterocycles. The Labute approximate surface area is 191 Å². The van der Waals surface area contributed by atoms with E-state index in [1.807, 2.05) is 18.2 Å². The molecule has 164 valence electrons. The number of fused-ring (bicyclic) bond motifs is 1. The first kappa shape index (κ1) is 23.3. The number of aromatic amines is 1. The van der Waals surface area contributed by atoms with Crippen LogP contribution in [0, 0.1) is 0 Å². The Bertz CT molecular complexity index is 1050. The van der Waals surface area contributed by atoms with Gasteiger partial charge in [0.1, 0.15) is 17.4 Å². The number of hydrogen-bond donors (Lipinski definition) is 3. The summed E-state index contributed by atoms with van der Waals surface area (Å²) in [5.41, 5.74) is 1.86. The van der Waals surface area contributed by atoms with Crippen LogP contribution in [0.5, 0.6) is 0 Å². The number of carbonyl (C=O) groups excluding carboxylic acids is 2. The molecule has 0 saturated heterocycles. The predicted octanol–water partition coefficient (Wildman–Crippen LogP) is 5.24. The number of amides is 1. The quantitative estimate of drug-likeness (QED) is 0.359. The standard InChI is InChI=1S/C23H25Cl2N3O3/c1-14(29)20(30)11-7-3-6-10-18(27-23(31)15-8-4-2-5-9-15)22-26-19-13-16(24)12-17(25)21(19)28-22/h2,4-5,8-9,12-14,18,29H,3,6-7,10-11H2,1H3,(H,26,28)(H,27,31)/t14-,18+/m1/s1. The first-order chi connectivity index (χ1) is 14.8. The van der Waals surface area contributed by atoms with Crippen LogP contribution < -0.4 is 5.32 Å². The maximum absolute atomic E-state index is 12.7. The summed E-state index contributed by atoms with van der Waals surface area (Å²) < 4.78 is 0. The molecule has 0 radical (unpaired) electrons. The maximum Gasteiger partial charge on any atom is 0.251 e. The van der Waals surface area contributed by atoms with Gasteiger partial charge in [0.2, 0.25) is 0 Å². The predicted molar refractivity (Wildman–Crippen MR) is 123 cm³/mol. The Balaban J connectivity index is 1.73. The molecule has 0 aliphatic heterocycles. The number of halogens is 2. The summed E-state index contributed by atoms with van der Waals surface area (Å²) in [6.45, 7) is 1.48. The molecule has 2 atom stereocenters. The van der Waals surface area contributed by atoms with E-state index in [1.54, 1.807) is 24.3 Å². The topological polar surface area (TPSA) is 95.1 Å². The molecule has 3 aromatic rings. The highest BCUT2D eigenvalue weighted by Gasteiger charge is 2.20. The fraction of sp³-hybridized carbons (Fsp3) is 0.348. The number of rotatable bonds is 10. The third-order valence-corrected chi connectivity index (χ3v) is 5.58. The van der Waals surface area contributed by atoms with Crippen molar-refractivity contribution in [3.63, 3.8) is 0 Å². The van der Waals surface area contributed by atoms with Crippen LogP contribution in [0.4, 0.5) is 0 Å². The number of Topliss-reactive ketones (excluding diaryl/α,β-unsaturated/α-hetero) is 1. The molecule has 2 aromatic carbocycles. The third kappa shape index (κ3) is 6.29. The van der Waals surface area contributed by atoms with E-state index >= 15 is 0 Å². The van der Waals surface area contributed by atoms with E-state index in [0.717, 1.165) is 12.8 Å². The minimum atomic E-state index is -0.926. The zero-order chi connectivity index (χ0) is 22.4. The summed E-state index contributed by atoms with van der Waals surface area (Å²) in [4.78, 5) is 32.2. The van der Waals surface area contributed by atoms with Crippen molar-refractivity contribution >= 4 is 45.9 Å². The average Bonchev–Trinajstić information content (AvgIpc) is 3.17. The molecule has 0 fully saturated rings. The summed E-state index contributed by atoms with van der Waals surface area (Å²) in [5.74, 6) is 0.251. The molecule has 0 saturated carbocycles. The monoisotopic (exact) mass is 461 g/mol. The molecule has 1 amide bonds. The molecular weight excluding hydrogens is 437 g/mol. The fourth-order valence-electron chi connectivity index (χ4n) is 3.37. The molecule has 0 spiro atoms. The van der Waals surface area contributed by atoms with Crippen LogP contribution >= 0.6 is 23.2 Å². The molecule has 0 unspecified atom stereocenters. The number of nitrogens with one attached hydrogen (secondary N) is 2. The molecule has 8 heteroatoms. The van der Waals surface area contributed by atoms with E-state index in [0.29, 0.717) is 51.7 Å². The van der Waals surface area contributed by atoms with Gasteiger partial charge in [0.15, 0.2) is 5.78 Å². The first-order valence-corrected chi connectivity index (χ1v) is 11.0. The van der Waals surface area contributed by atoms with Crippen LogP contribution in [0.2, 0.25) is 10.0 Å².